The number of hydrogen-bond donors (Lipinski definition) is 1. The van der Waals surface area contributed by atoms with Gasteiger partial charge in [-0.2, -0.15) is 0 Å². The van der Waals surface area contributed by atoms with Gasteiger partial charge in [0.2, 0.25) is 0 Å². The average molecular weight is 348 g/mol. The van der Waals surface area contributed by atoms with Gasteiger partial charge in [-0.15, -0.1) is 11.3 Å². The molecule has 0 aliphatic rings. The van der Waals surface area contributed by atoms with Crippen LogP contribution in [0.5, 0.6) is 0 Å². The molecule has 2 heterocycles. The van der Waals surface area contributed by atoms with E-state index in [9.17, 15) is 0 Å². The summed E-state index contributed by atoms with van der Waals surface area (Å²) in [5.74, 6) is 0. The smallest absolute Gasteiger partial charge is 0.115 e. The van der Waals surface area contributed by atoms with Crippen molar-refractivity contribution < 1.29 is 0 Å². The summed E-state index contributed by atoms with van der Waals surface area (Å²) in [6.45, 7) is 4.20. The number of fused-ring (bicyclic) bond motifs is 1. The second kappa shape index (κ2) is 5.50. The van der Waals surface area contributed by atoms with E-state index in [1.165, 1.54) is 4.88 Å². The van der Waals surface area contributed by atoms with Crippen LogP contribution >= 0.6 is 27.3 Å². The first-order valence-corrected chi connectivity index (χ1v) is 7.97. The summed E-state index contributed by atoms with van der Waals surface area (Å²) in [6.07, 6.45) is 3.75. The van der Waals surface area contributed by atoms with Gasteiger partial charge in [0.15, 0.2) is 0 Å². The summed E-state index contributed by atoms with van der Waals surface area (Å²) >= 11 is 5.24. The predicted molar refractivity (Wildman–Crippen MR) is 88.3 cm³/mol. The topological polar surface area (TPSA) is 37.8 Å². The Balaban J connectivity index is 1.96. The van der Waals surface area contributed by atoms with Crippen molar-refractivity contribution in [2.45, 2.75) is 19.9 Å². The first kappa shape index (κ1) is 13.5. The van der Waals surface area contributed by atoms with E-state index in [-0.39, 0.29) is 6.04 Å². The van der Waals surface area contributed by atoms with Crippen LogP contribution in [0, 0.1) is 6.92 Å². The molecule has 0 bridgehead atoms. The molecule has 2 aromatic heterocycles. The second-order valence-corrected chi connectivity index (χ2v) is 6.88. The lowest BCUT2D eigenvalue weighted by Crippen LogP contribution is -2.06. The van der Waals surface area contributed by atoms with Crippen molar-refractivity contribution in [2.75, 3.05) is 5.32 Å². The van der Waals surface area contributed by atoms with Crippen LogP contribution in [0.15, 0.2) is 41.1 Å². The number of nitrogens with one attached hydrogen (secondary N) is 1. The number of halogens is 1. The van der Waals surface area contributed by atoms with E-state index in [4.69, 9.17) is 0 Å². The maximum atomic E-state index is 4.44. The van der Waals surface area contributed by atoms with Gasteiger partial charge in [0.05, 0.1) is 11.6 Å². The molecule has 0 aliphatic heterocycles. The van der Waals surface area contributed by atoms with Crippen molar-refractivity contribution >= 4 is 43.9 Å². The van der Waals surface area contributed by atoms with Gasteiger partial charge in [0.1, 0.15) is 5.01 Å². The third-order valence-electron chi connectivity index (χ3n) is 3.09. The van der Waals surface area contributed by atoms with E-state index in [1.54, 1.807) is 11.3 Å². The third kappa shape index (κ3) is 2.69. The standard InChI is InChI=1S/C15H14BrN3S/c1-9-8-18-15(20-9)10(2)19-14-5-6-17-13-4-3-11(16)7-12(13)14/h3-8,10H,1-2H3,(H,17,19). The lowest BCUT2D eigenvalue weighted by Gasteiger charge is -2.14. The molecule has 0 amide bonds. The minimum Gasteiger partial charge on any atom is -0.375 e. The van der Waals surface area contributed by atoms with E-state index in [2.05, 4.69) is 51.1 Å². The Bertz CT molecular complexity index is 754. The van der Waals surface area contributed by atoms with E-state index in [0.29, 0.717) is 0 Å². The van der Waals surface area contributed by atoms with Crippen molar-refractivity contribution in [1.29, 1.82) is 0 Å². The highest BCUT2D eigenvalue weighted by Gasteiger charge is 2.11. The molecule has 3 aromatic rings. The number of hydrogen-bond acceptors (Lipinski definition) is 4. The Morgan fingerprint density at radius 2 is 2.10 bits per heavy atom. The minimum absolute atomic E-state index is 0.179. The summed E-state index contributed by atoms with van der Waals surface area (Å²) < 4.78 is 1.05. The Hall–Kier alpha value is -1.46. The number of pyridine rings is 1. The van der Waals surface area contributed by atoms with Gasteiger partial charge in [-0.25, -0.2) is 4.98 Å². The molecule has 0 spiro atoms. The lowest BCUT2D eigenvalue weighted by atomic mass is 10.2. The average Bonchev–Trinajstić information content (AvgIpc) is 2.86. The molecule has 1 atom stereocenters. The lowest BCUT2D eigenvalue weighted by molar-refractivity contribution is 0.871. The van der Waals surface area contributed by atoms with Crippen LogP contribution in [0.25, 0.3) is 10.9 Å². The first-order chi connectivity index (χ1) is 9.63. The number of thiazole rings is 1. The van der Waals surface area contributed by atoms with Crippen molar-refractivity contribution in [3.8, 4) is 0 Å². The molecule has 0 radical (unpaired) electrons. The molecule has 20 heavy (non-hydrogen) atoms. The monoisotopic (exact) mass is 347 g/mol. The van der Waals surface area contributed by atoms with Crippen LogP contribution in [-0.4, -0.2) is 9.97 Å². The van der Waals surface area contributed by atoms with Crippen LogP contribution in [0.2, 0.25) is 0 Å². The summed E-state index contributed by atoms with van der Waals surface area (Å²) in [4.78, 5) is 10.1. The Labute approximate surface area is 130 Å². The van der Waals surface area contributed by atoms with Gasteiger partial charge in [-0.1, -0.05) is 15.9 Å². The zero-order valence-electron chi connectivity index (χ0n) is 11.2. The fourth-order valence-corrected chi connectivity index (χ4v) is 3.25. The van der Waals surface area contributed by atoms with Crippen molar-refractivity contribution in [1.82, 2.24) is 9.97 Å². The van der Waals surface area contributed by atoms with Gasteiger partial charge in [-0.05, 0) is 38.1 Å². The van der Waals surface area contributed by atoms with E-state index >= 15 is 0 Å². The Morgan fingerprint density at radius 3 is 2.85 bits per heavy atom. The molecule has 1 aromatic carbocycles. The number of benzene rings is 1. The molecule has 0 fully saturated rings. The predicted octanol–water partition coefficient (Wildman–Crippen LogP) is 4.94. The molecule has 1 unspecified atom stereocenters. The molecular formula is C15H14BrN3S. The highest BCUT2D eigenvalue weighted by atomic mass is 79.9. The van der Waals surface area contributed by atoms with Crippen LogP contribution in [0.3, 0.4) is 0 Å². The number of aromatic nitrogens is 2. The van der Waals surface area contributed by atoms with Crippen LogP contribution in [0.4, 0.5) is 5.69 Å². The minimum atomic E-state index is 0.179. The third-order valence-corrected chi connectivity index (χ3v) is 4.67. The van der Waals surface area contributed by atoms with E-state index in [0.717, 1.165) is 26.1 Å². The molecule has 0 aliphatic carbocycles. The SMILES string of the molecule is Cc1cnc(C(C)Nc2ccnc3ccc(Br)cc23)s1. The highest BCUT2D eigenvalue weighted by Crippen LogP contribution is 2.29. The molecule has 5 heteroatoms. The summed E-state index contributed by atoms with van der Waals surface area (Å²) in [5.41, 5.74) is 2.07. The van der Waals surface area contributed by atoms with Crippen molar-refractivity contribution in [2.24, 2.45) is 0 Å². The normalized spacial score (nSPS) is 12.6. The van der Waals surface area contributed by atoms with Gasteiger partial charge in [-0.3, -0.25) is 4.98 Å². The van der Waals surface area contributed by atoms with E-state index in [1.807, 2.05) is 30.6 Å². The summed E-state index contributed by atoms with van der Waals surface area (Å²) in [5, 5.41) is 5.74. The maximum absolute atomic E-state index is 4.44. The molecule has 3 nitrogen and oxygen atoms in total. The van der Waals surface area contributed by atoms with Crippen LogP contribution < -0.4 is 5.32 Å². The van der Waals surface area contributed by atoms with Crippen molar-refractivity contribution in [3.63, 3.8) is 0 Å². The maximum Gasteiger partial charge on any atom is 0.115 e. The molecule has 0 saturated heterocycles. The van der Waals surface area contributed by atoms with Crippen LogP contribution in [-0.2, 0) is 0 Å². The molecular weight excluding hydrogens is 334 g/mol. The van der Waals surface area contributed by atoms with Gasteiger partial charge in [0.25, 0.3) is 0 Å². The molecule has 1 N–H and O–H groups in total. The van der Waals surface area contributed by atoms with Gasteiger partial charge < -0.3 is 5.32 Å². The zero-order chi connectivity index (χ0) is 14.1. The van der Waals surface area contributed by atoms with Crippen LogP contribution in [0.1, 0.15) is 22.9 Å². The highest BCUT2D eigenvalue weighted by molar-refractivity contribution is 9.10. The van der Waals surface area contributed by atoms with E-state index < -0.39 is 0 Å². The Kier molecular flexibility index (Phi) is 3.72. The second-order valence-electron chi connectivity index (χ2n) is 4.70. The van der Waals surface area contributed by atoms with Gasteiger partial charge >= 0.3 is 0 Å². The molecule has 3 rings (SSSR count). The molecule has 0 saturated carbocycles. The fraction of sp³-hybridized carbons (Fsp3) is 0.200. The van der Waals surface area contributed by atoms with Gasteiger partial charge in [0, 0.05) is 32.8 Å². The largest absolute Gasteiger partial charge is 0.375 e. The summed E-state index contributed by atoms with van der Waals surface area (Å²) in [7, 11) is 0. The Morgan fingerprint density at radius 1 is 1.25 bits per heavy atom. The zero-order valence-corrected chi connectivity index (χ0v) is 13.6. The number of anilines is 1. The first-order valence-electron chi connectivity index (χ1n) is 6.36. The quantitative estimate of drug-likeness (QED) is 0.729. The molecule has 102 valence electrons. The number of rotatable bonds is 3. The number of nitrogens with zero attached hydrogens (tertiary/aromatic N) is 2. The fourth-order valence-electron chi connectivity index (χ4n) is 2.11. The van der Waals surface area contributed by atoms with Crippen molar-refractivity contribution in [3.05, 3.63) is 51.0 Å². The number of aryl methyl sites for hydroxylation is 1. The summed E-state index contributed by atoms with van der Waals surface area (Å²) in [6, 6.07) is 8.30.